The number of hydrogen-bond donors (Lipinski definition) is 1. The molecule has 0 spiro atoms. The highest BCUT2D eigenvalue weighted by atomic mass is 16.5. The van der Waals surface area contributed by atoms with Crippen molar-refractivity contribution in [3.63, 3.8) is 0 Å². The first-order valence-corrected chi connectivity index (χ1v) is 5.68. The Kier molecular flexibility index (Phi) is 5.09. The molecule has 0 aliphatic rings. The summed E-state index contributed by atoms with van der Waals surface area (Å²) in [7, 11) is 4.62. The lowest BCUT2D eigenvalue weighted by Gasteiger charge is -2.19. The van der Waals surface area contributed by atoms with Gasteiger partial charge in [0.15, 0.2) is 11.5 Å². The number of benzene rings is 1. The van der Waals surface area contributed by atoms with E-state index >= 15 is 0 Å². The molecule has 0 aliphatic heterocycles. The summed E-state index contributed by atoms with van der Waals surface area (Å²) in [6, 6.07) is 3.39. The van der Waals surface area contributed by atoms with E-state index in [1.165, 1.54) is 0 Å². The minimum absolute atomic E-state index is 0.326. The zero-order chi connectivity index (χ0) is 13.7. The Morgan fingerprint density at radius 3 is 1.78 bits per heavy atom. The van der Waals surface area contributed by atoms with E-state index in [1.807, 2.05) is 0 Å². The van der Waals surface area contributed by atoms with Crippen LogP contribution in [0.3, 0.4) is 0 Å². The Hall–Kier alpha value is -1.62. The molecule has 0 fully saturated rings. The molecule has 0 heterocycles. The molecule has 1 aromatic carbocycles. The zero-order valence-electron chi connectivity index (χ0n) is 11.4. The van der Waals surface area contributed by atoms with Crippen LogP contribution >= 0.6 is 0 Å². The van der Waals surface area contributed by atoms with Crippen molar-refractivity contribution in [2.24, 2.45) is 0 Å². The molecule has 0 saturated carbocycles. The summed E-state index contributed by atoms with van der Waals surface area (Å²) in [5.74, 6) is 2.10. The molecular weight excluding hydrogens is 236 g/mol. The molecule has 0 bridgehead atoms. The van der Waals surface area contributed by atoms with Crippen LogP contribution in [0.2, 0.25) is 0 Å². The van der Waals surface area contributed by atoms with Crippen molar-refractivity contribution in [2.75, 3.05) is 21.3 Å². The van der Waals surface area contributed by atoms with Gasteiger partial charge in [-0.1, -0.05) is 0 Å². The Bertz CT molecular complexity index is 364. The molecule has 1 N–H and O–H groups in total. The predicted molar refractivity (Wildman–Crippen MR) is 67.9 cm³/mol. The van der Waals surface area contributed by atoms with Gasteiger partial charge >= 0.3 is 0 Å². The first kappa shape index (κ1) is 14.4. The summed E-state index contributed by atoms with van der Waals surface area (Å²) in [5, 5.41) is 9.42. The van der Waals surface area contributed by atoms with Crippen LogP contribution in [0.15, 0.2) is 12.1 Å². The third-order valence-electron chi connectivity index (χ3n) is 2.64. The molecule has 0 radical (unpaired) electrons. The normalized spacial score (nSPS) is 13.7. The van der Waals surface area contributed by atoms with Crippen LogP contribution in [-0.4, -0.2) is 38.6 Å². The highest BCUT2D eigenvalue weighted by Crippen LogP contribution is 2.41. The van der Waals surface area contributed by atoms with E-state index in [1.54, 1.807) is 47.3 Å². The molecule has 102 valence electrons. The molecule has 2 atom stereocenters. The van der Waals surface area contributed by atoms with Gasteiger partial charge in [-0.3, -0.25) is 0 Å². The minimum atomic E-state index is -0.566. The number of hydrogen-bond acceptors (Lipinski definition) is 5. The van der Waals surface area contributed by atoms with Crippen molar-refractivity contribution in [1.82, 2.24) is 0 Å². The first-order chi connectivity index (χ1) is 8.53. The van der Waals surface area contributed by atoms with E-state index in [4.69, 9.17) is 18.9 Å². The van der Waals surface area contributed by atoms with Gasteiger partial charge in [-0.05, 0) is 13.8 Å². The molecule has 2 unspecified atom stereocenters. The Balaban J connectivity index is 3.07. The van der Waals surface area contributed by atoms with Crippen LogP contribution < -0.4 is 18.9 Å². The van der Waals surface area contributed by atoms with Crippen molar-refractivity contribution in [1.29, 1.82) is 0 Å². The summed E-state index contributed by atoms with van der Waals surface area (Å²) in [5.41, 5.74) is 0. The highest BCUT2D eigenvalue weighted by molar-refractivity contribution is 5.55. The van der Waals surface area contributed by atoms with Gasteiger partial charge in [-0.15, -0.1) is 0 Å². The monoisotopic (exact) mass is 256 g/mol. The van der Waals surface area contributed by atoms with Crippen molar-refractivity contribution in [3.05, 3.63) is 12.1 Å². The van der Waals surface area contributed by atoms with E-state index in [-0.39, 0.29) is 6.10 Å². The van der Waals surface area contributed by atoms with Crippen molar-refractivity contribution in [2.45, 2.75) is 26.1 Å². The maximum atomic E-state index is 9.42. The zero-order valence-corrected chi connectivity index (χ0v) is 11.4. The van der Waals surface area contributed by atoms with Crippen molar-refractivity contribution < 1.29 is 24.1 Å². The average molecular weight is 256 g/mol. The van der Waals surface area contributed by atoms with Gasteiger partial charge in [0.25, 0.3) is 0 Å². The van der Waals surface area contributed by atoms with Gasteiger partial charge in [0.2, 0.25) is 5.75 Å². The molecule has 5 heteroatoms. The summed E-state index contributed by atoms with van der Waals surface area (Å²) in [4.78, 5) is 0. The fourth-order valence-corrected chi connectivity index (χ4v) is 1.44. The van der Waals surface area contributed by atoms with Crippen LogP contribution in [0, 0.1) is 0 Å². The SMILES string of the molecule is COc1cc(OC(C)C(C)O)cc(OC)c1OC. The van der Waals surface area contributed by atoms with Crippen molar-refractivity contribution in [3.8, 4) is 23.0 Å². The first-order valence-electron chi connectivity index (χ1n) is 5.68. The smallest absolute Gasteiger partial charge is 0.203 e. The number of methoxy groups -OCH3 is 3. The Morgan fingerprint density at radius 2 is 1.44 bits per heavy atom. The van der Waals surface area contributed by atoms with Gasteiger partial charge in [0.1, 0.15) is 11.9 Å². The molecule has 18 heavy (non-hydrogen) atoms. The lowest BCUT2D eigenvalue weighted by Crippen LogP contribution is -2.25. The predicted octanol–water partition coefficient (Wildman–Crippen LogP) is 1.86. The third kappa shape index (κ3) is 3.20. The largest absolute Gasteiger partial charge is 0.493 e. The van der Waals surface area contributed by atoms with Gasteiger partial charge < -0.3 is 24.1 Å². The fraction of sp³-hybridized carbons (Fsp3) is 0.538. The summed E-state index contributed by atoms with van der Waals surface area (Å²) >= 11 is 0. The van der Waals surface area contributed by atoms with Crippen molar-refractivity contribution >= 4 is 0 Å². The summed E-state index contributed by atoms with van der Waals surface area (Å²) in [6.45, 7) is 3.45. The van der Waals surface area contributed by atoms with Crippen LogP contribution in [0.4, 0.5) is 0 Å². The van der Waals surface area contributed by atoms with E-state index in [2.05, 4.69) is 0 Å². The molecule has 5 nitrogen and oxygen atoms in total. The van der Waals surface area contributed by atoms with Gasteiger partial charge in [0, 0.05) is 12.1 Å². The quantitative estimate of drug-likeness (QED) is 0.842. The highest BCUT2D eigenvalue weighted by Gasteiger charge is 2.16. The van der Waals surface area contributed by atoms with E-state index in [0.717, 1.165) is 0 Å². The lowest BCUT2D eigenvalue weighted by molar-refractivity contribution is 0.0601. The molecule has 1 aromatic rings. The van der Waals surface area contributed by atoms with E-state index in [0.29, 0.717) is 23.0 Å². The second kappa shape index (κ2) is 6.35. The Morgan fingerprint density at radius 1 is 0.944 bits per heavy atom. The fourth-order valence-electron chi connectivity index (χ4n) is 1.44. The van der Waals surface area contributed by atoms with Gasteiger partial charge in [-0.2, -0.15) is 0 Å². The average Bonchev–Trinajstić information content (AvgIpc) is 2.37. The molecule has 0 saturated heterocycles. The molecule has 0 amide bonds. The molecule has 0 aromatic heterocycles. The number of aliphatic hydroxyl groups excluding tert-OH is 1. The van der Waals surface area contributed by atoms with Gasteiger partial charge in [-0.25, -0.2) is 0 Å². The number of aliphatic hydroxyl groups is 1. The maximum Gasteiger partial charge on any atom is 0.203 e. The third-order valence-corrected chi connectivity index (χ3v) is 2.64. The molecular formula is C13H20O5. The molecule has 1 rings (SSSR count). The maximum absolute atomic E-state index is 9.42. The van der Waals surface area contributed by atoms with Gasteiger partial charge in [0.05, 0.1) is 27.4 Å². The summed E-state index contributed by atoms with van der Waals surface area (Å²) in [6.07, 6.45) is -0.892. The second-order valence-corrected chi connectivity index (χ2v) is 3.92. The standard InChI is InChI=1S/C13H20O5/c1-8(14)9(2)18-10-6-11(15-3)13(17-5)12(7-10)16-4/h6-9,14H,1-5H3. The topological polar surface area (TPSA) is 57.2 Å². The van der Waals surface area contributed by atoms with E-state index < -0.39 is 6.10 Å². The minimum Gasteiger partial charge on any atom is -0.493 e. The number of ether oxygens (including phenoxy) is 4. The summed E-state index contributed by atoms with van der Waals surface area (Å²) < 4.78 is 21.2. The second-order valence-electron chi connectivity index (χ2n) is 3.92. The van der Waals surface area contributed by atoms with E-state index in [9.17, 15) is 5.11 Å². The lowest BCUT2D eigenvalue weighted by atomic mass is 10.2. The van der Waals surface area contributed by atoms with Crippen LogP contribution in [-0.2, 0) is 0 Å². The Labute approximate surface area is 107 Å². The van der Waals surface area contributed by atoms with Crippen LogP contribution in [0.25, 0.3) is 0 Å². The number of rotatable bonds is 6. The molecule has 0 aliphatic carbocycles. The van der Waals surface area contributed by atoms with Crippen LogP contribution in [0.1, 0.15) is 13.8 Å². The van der Waals surface area contributed by atoms with Crippen LogP contribution in [0.5, 0.6) is 23.0 Å².